The Morgan fingerprint density at radius 2 is 2.00 bits per heavy atom. The quantitative estimate of drug-likeness (QED) is 0.891. The number of rotatable bonds is 3. The SMILES string of the molecule is CN(C(=O)c1cccc(CN)c1)c1ccncc1. The average Bonchev–Trinajstić information content (AvgIpc) is 2.46. The van der Waals surface area contributed by atoms with E-state index in [-0.39, 0.29) is 5.91 Å². The molecule has 92 valence electrons. The third kappa shape index (κ3) is 2.55. The Morgan fingerprint density at radius 1 is 1.28 bits per heavy atom. The van der Waals surface area contributed by atoms with E-state index in [0.29, 0.717) is 12.1 Å². The Hall–Kier alpha value is -2.20. The molecule has 0 saturated carbocycles. The van der Waals surface area contributed by atoms with Gasteiger partial charge in [0, 0.05) is 37.2 Å². The molecule has 1 aromatic carbocycles. The molecule has 0 saturated heterocycles. The number of anilines is 1. The summed E-state index contributed by atoms with van der Waals surface area (Å²) in [6.07, 6.45) is 3.32. The fraction of sp³-hybridized carbons (Fsp3) is 0.143. The van der Waals surface area contributed by atoms with Crippen LogP contribution in [-0.2, 0) is 6.54 Å². The minimum Gasteiger partial charge on any atom is -0.326 e. The molecule has 4 nitrogen and oxygen atoms in total. The van der Waals surface area contributed by atoms with E-state index in [2.05, 4.69) is 4.98 Å². The third-order valence-electron chi connectivity index (χ3n) is 2.76. The van der Waals surface area contributed by atoms with Gasteiger partial charge in [0.1, 0.15) is 0 Å². The van der Waals surface area contributed by atoms with Crippen molar-refractivity contribution >= 4 is 11.6 Å². The van der Waals surface area contributed by atoms with Gasteiger partial charge in [-0.1, -0.05) is 12.1 Å². The van der Waals surface area contributed by atoms with Gasteiger partial charge < -0.3 is 10.6 Å². The van der Waals surface area contributed by atoms with Crippen molar-refractivity contribution in [2.45, 2.75) is 6.54 Å². The lowest BCUT2D eigenvalue weighted by atomic mass is 10.1. The number of carbonyl (C=O) groups excluding carboxylic acids is 1. The molecule has 0 radical (unpaired) electrons. The third-order valence-corrected chi connectivity index (χ3v) is 2.76. The van der Waals surface area contributed by atoms with Gasteiger partial charge >= 0.3 is 0 Å². The molecule has 1 amide bonds. The highest BCUT2D eigenvalue weighted by Crippen LogP contribution is 2.14. The van der Waals surface area contributed by atoms with Gasteiger partial charge in [-0.3, -0.25) is 9.78 Å². The Kier molecular flexibility index (Phi) is 3.69. The normalized spacial score (nSPS) is 10.1. The number of amides is 1. The number of hydrogen-bond acceptors (Lipinski definition) is 3. The highest BCUT2D eigenvalue weighted by atomic mass is 16.2. The van der Waals surface area contributed by atoms with Crippen LogP contribution in [0.2, 0.25) is 0 Å². The second-order valence-electron chi connectivity index (χ2n) is 3.97. The number of carbonyl (C=O) groups is 1. The van der Waals surface area contributed by atoms with Gasteiger partial charge in [-0.05, 0) is 29.8 Å². The second-order valence-corrected chi connectivity index (χ2v) is 3.97. The zero-order valence-corrected chi connectivity index (χ0v) is 10.2. The summed E-state index contributed by atoms with van der Waals surface area (Å²) in [7, 11) is 1.74. The molecule has 4 heteroatoms. The van der Waals surface area contributed by atoms with Gasteiger partial charge in [-0.15, -0.1) is 0 Å². The van der Waals surface area contributed by atoms with Crippen molar-refractivity contribution in [1.82, 2.24) is 4.98 Å². The maximum absolute atomic E-state index is 12.3. The van der Waals surface area contributed by atoms with Crippen LogP contribution in [0.25, 0.3) is 0 Å². The minimum absolute atomic E-state index is 0.0588. The number of hydrogen-bond donors (Lipinski definition) is 1. The highest BCUT2D eigenvalue weighted by Gasteiger charge is 2.13. The zero-order valence-electron chi connectivity index (χ0n) is 10.2. The van der Waals surface area contributed by atoms with Crippen LogP contribution in [0.15, 0.2) is 48.8 Å². The van der Waals surface area contributed by atoms with Crippen molar-refractivity contribution in [2.75, 3.05) is 11.9 Å². The van der Waals surface area contributed by atoms with Crippen molar-refractivity contribution in [3.8, 4) is 0 Å². The molecule has 0 unspecified atom stereocenters. The lowest BCUT2D eigenvalue weighted by molar-refractivity contribution is 0.0993. The van der Waals surface area contributed by atoms with Gasteiger partial charge in [0.05, 0.1) is 0 Å². The summed E-state index contributed by atoms with van der Waals surface area (Å²) in [5.41, 5.74) is 7.97. The number of nitrogens with two attached hydrogens (primary N) is 1. The number of pyridine rings is 1. The fourth-order valence-electron chi connectivity index (χ4n) is 1.71. The number of nitrogens with zero attached hydrogens (tertiary/aromatic N) is 2. The Morgan fingerprint density at radius 3 is 2.67 bits per heavy atom. The first-order valence-electron chi connectivity index (χ1n) is 5.69. The van der Waals surface area contributed by atoms with Gasteiger partial charge in [0.15, 0.2) is 0 Å². The van der Waals surface area contributed by atoms with Crippen molar-refractivity contribution < 1.29 is 4.79 Å². The largest absolute Gasteiger partial charge is 0.326 e. The fourth-order valence-corrected chi connectivity index (χ4v) is 1.71. The van der Waals surface area contributed by atoms with Gasteiger partial charge in [0.2, 0.25) is 0 Å². The van der Waals surface area contributed by atoms with Crippen molar-refractivity contribution in [3.05, 3.63) is 59.9 Å². The van der Waals surface area contributed by atoms with Crippen LogP contribution in [0.3, 0.4) is 0 Å². The van der Waals surface area contributed by atoms with E-state index in [0.717, 1.165) is 11.3 Å². The Balaban J connectivity index is 2.25. The molecular formula is C14H15N3O. The van der Waals surface area contributed by atoms with Gasteiger partial charge in [0.25, 0.3) is 5.91 Å². The van der Waals surface area contributed by atoms with Crippen molar-refractivity contribution in [3.63, 3.8) is 0 Å². The van der Waals surface area contributed by atoms with Crippen LogP contribution in [0.4, 0.5) is 5.69 Å². The highest BCUT2D eigenvalue weighted by molar-refractivity contribution is 6.05. The molecular weight excluding hydrogens is 226 g/mol. The maximum atomic E-state index is 12.3. The summed E-state index contributed by atoms with van der Waals surface area (Å²) in [6, 6.07) is 11.0. The summed E-state index contributed by atoms with van der Waals surface area (Å²) < 4.78 is 0. The van der Waals surface area contributed by atoms with Crippen LogP contribution >= 0.6 is 0 Å². The molecule has 0 fully saturated rings. The van der Waals surface area contributed by atoms with E-state index in [1.807, 2.05) is 18.2 Å². The summed E-state index contributed by atoms with van der Waals surface area (Å²) in [6.45, 7) is 0.431. The molecule has 0 aliphatic carbocycles. The monoisotopic (exact) mass is 241 g/mol. The van der Waals surface area contributed by atoms with Crippen molar-refractivity contribution in [1.29, 1.82) is 0 Å². The predicted octanol–water partition coefficient (Wildman–Crippen LogP) is 1.82. The van der Waals surface area contributed by atoms with Crippen LogP contribution < -0.4 is 10.6 Å². The van der Waals surface area contributed by atoms with Gasteiger partial charge in [-0.2, -0.15) is 0 Å². The summed E-state index contributed by atoms with van der Waals surface area (Å²) in [4.78, 5) is 17.8. The smallest absolute Gasteiger partial charge is 0.258 e. The number of aromatic nitrogens is 1. The molecule has 0 aliphatic heterocycles. The molecule has 0 aliphatic rings. The summed E-state index contributed by atoms with van der Waals surface area (Å²) in [5, 5.41) is 0. The number of benzene rings is 1. The molecule has 2 aromatic rings. The van der Waals surface area contributed by atoms with Crippen molar-refractivity contribution in [2.24, 2.45) is 5.73 Å². The molecule has 1 heterocycles. The summed E-state index contributed by atoms with van der Waals surface area (Å²) >= 11 is 0. The second kappa shape index (κ2) is 5.42. The average molecular weight is 241 g/mol. The molecule has 0 spiro atoms. The van der Waals surface area contributed by atoms with E-state index in [1.165, 1.54) is 0 Å². The topological polar surface area (TPSA) is 59.2 Å². The molecule has 0 bridgehead atoms. The first-order chi connectivity index (χ1) is 8.72. The zero-order chi connectivity index (χ0) is 13.0. The van der Waals surface area contributed by atoms with Crippen LogP contribution in [0, 0.1) is 0 Å². The molecule has 18 heavy (non-hydrogen) atoms. The maximum Gasteiger partial charge on any atom is 0.258 e. The van der Waals surface area contributed by atoms with E-state index >= 15 is 0 Å². The summed E-state index contributed by atoms with van der Waals surface area (Å²) in [5.74, 6) is -0.0588. The Labute approximate surface area is 106 Å². The Bertz CT molecular complexity index is 540. The van der Waals surface area contributed by atoms with Gasteiger partial charge in [-0.25, -0.2) is 0 Å². The lowest BCUT2D eigenvalue weighted by Gasteiger charge is -2.17. The van der Waals surface area contributed by atoms with E-state index in [9.17, 15) is 4.79 Å². The van der Waals surface area contributed by atoms with Crippen LogP contribution in [0.5, 0.6) is 0 Å². The first kappa shape index (κ1) is 12.3. The standard InChI is InChI=1S/C14H15N3O/c1-17(13-5-7-16-8-6-13)14(18)12-4-2-3-11(9-12)10-15/h2-9H,10,15H2,1H3. The first-order valence-corrected chi connectivity index (χ1v) is 5.69. The molecule has 2 N–H and O–H groups in total. The molecule has 1 aromatic heterocycles. The van der Waals surface area contributed by atoms with E-state index in [1.54, 1.807) is 42.5 Å². The lowest BCUT2D eigenvalue weighted by Crippen LogP contribution is -2.26. The molecule has 0 atom stereocenters. The van der Waals surface area contributed by atoms with Crippen LogP contribution in [0.1, 0.15) is 15.9 Å². The van der Waals surface area contributed by atoms with Crippen LogP contribution in [-0.4, -0.2) is 17.9 Å². The predicted molar refractivity (Wildman–Crippen MR) is 71.3 cm³/mol. The minimum atomic E-state index is -0.0588. The van der Waals surface area contributed by atoms with E-state index in [4.69, 9.17) is 5.73 Å². The molecule has 2 rings (SSSR count). The van der Waals surface area contributed by atoms with E-state index < -0.39 is 0 Å².